The minimum atomic E-state index is -1.04. The van der Waals surface area contributed by atoms with Crippen molar-refractivity contribution in [1.82, 2.24) is 10.3 Å². The lowest BCUT2D eigenvalue weighted by atomic mass is 10.1. The summed E-state index contributed by atoms with van der Waals surface area (Å²) >= 11 is 1.32. The van der Waals surface area contributed by atoms with Gasteiger partial charge in [0.15, 0.2) is 5.69 Å². The summed E-state index contributed by atoms with van der Waals surface area (Å²) in [4.78, 5) is 27.6. The lowest BCUT2D eigenvalue weighted by Crippen LogP contribution is -2.32. The molecule has 0 aromatic carbocycles. The third kappa shape index (κ3) is 5.34. The van der Waals surface area contributed by atoms with Gasteiger partial charge in [-0.1, -0.05) is 13.8 Å². The lowest BCUT2D eigenvalue weighted by Gasteiger charge is -2.19. The van der Waals surface area contributed by atoms with Gasteiger partial charge in [-0.15, -0.1) is 11.3 Å². The second-order valence-electron chi connectivity index (χ2n) is 5.79. The van der Waals surface area contributed by atoms with Crippen LogP contribution < -0.4 is 5.32 Å². The van der Waals surface area contributed by atoms with E-state index in [1.54, 1.807) is 20.8 Å². The molecule has 1 rings (SSSR count). The number of amides is 1. The number of carbonyl (C=O) groups excluding carboxylic acids is 1. The van der Waals surface area contributed by atoms with Gasteiger partial charge in [-0.2, -0.15) is 0 Å². The molecule has 1 aromatic heterocycles. The van der Waals surface area contributed by atoms with Crippen LogP contribution in [0.1, 0.15) is 67.3 Å². The van der Waals surface area contributed by atoms with E-state index in [0.29, 0.717) is 5.01 Å². The second kappa shape index (κ2) is 6.89. The number of carboxylic acid groups (broad SMARTS) is 1. The number of hydrogen-bond donors (Lipinski definition) is 2. The quantitative estimate of drug-likeness (QED) is 0.869. The number of aromatic nitrogens is 1. The smallest absolute Gasteiger partial charge is 0.408 e. The Morgan fingerprint density at radius 2 is 2.05 bits per heavy atom. The van der Waals surface area contributed by atoms with Crippen LogP contribution in [0.5, 0.6) is 0 Å². The zero-order chi connectivity index (χ0) is 16.2. The van der Waals surface area contributed by atoms with Crippen molar-refractivity contribution in [3.05, 3.63) is 15.6 Å². The van der Waals surface area contributed by atoms with E-state index in [2.05, 4.69) is 10.3 Å². The number of nitrogens with one attached hydrogen (secondary N) is 1. The number of nitrogens with zero attached hydrogens (tertiary/aromatic N) is 1. The summed E-state index contributed by atoms with van der Waals surface area (Å²) in [5.74, 6) is -0.908. The minimum Gasteiger partial charge on any atom is -0.476 e. The fourth-order valence-electron chi connectivity index (χ4n) is 1.59. The number of rotatable bonds is 5. The fourth-order valence-corrected chi connectivity index (χ4v) is 2.72. The SMILES string of the molecule is CCC(C)c1sc(CNC(=O)OC(C)(C)C)nc1C(=O)O. The molecule has 0 fully saturated rings. The number of ether oxygens (including phenoxy) is 1. The molecule has 1 unspecified atom stereocenters. The van der Waals surface area contributed by atoms with Crippen molar-refractivity contribution in [1.29, 1.82) is 0 Å². The maximum atomic E-state index is 11.6. The lowest BCUT2D eigenvalue weighted by molar-refractivity contribution is 0.0523. The minimum absolute atomic E-state index is 0.0790. The Morgan fingerprint density at radius 1 is 1.43 bits per heavy atom. The van der Waals surface area contributed by atoms with Crippen LogP contribution in [0.4, 0.5) is 4.79 Å². The highest BCUT2D eigenvalue weighted by atomic mass is 32.1. The monoisotopic (exact) mass is 314 g/mol. The summed E-state index contributed by atoms with van der Waals surface area (Å²) in [6.07, 6.45) is 0.293. The summed E-state index contributed by atoms with van der Waals surface area (Å²) in [7, 11) is 0. The van der Waals surface area contributed by atoms with Crippen molar-refractivity contribution in [3.8, 4) is 0 Å². The van der Waals surface area contributed by atoms with E-state index < -0.39 is 17.7 Å². The Kier molecular flexibility index (Phi) is 5.71. The first kappa shape index (κ1) is 17.4. The number of carbonyl (C=O) groups is 2. The predicted molar refractivity (Wildman–Crippen MR) is 80.9 cm³/mol. The molecular formula is C14H22N2O4S. The number of hydrogen-bond acceptors (Lipinski definition) is 5. The molecule has 1 amide bonds. The van der Waals surface area contributed by atoms with Crippen LogP contribution in [0.3, 0.4) is 0 Å². The van der Waals surface area contributed by atoms with Crippen LogP contribution in [0, 0.1) is 0 Å². The molecule has 1 aromatic rings. The summed E-state index contributed by atoms with van der Waals surface area (Å²) in [5.41, 5.74) is -0.489. The van der Waals surface area contributed by atoms with E-state index in [9.17, 15) is 14.7 Å². The third-order valence-corrected chi connectivity index (χ3v) is 4.03. The zero-order valence-corrected chi connectivity index (χ0v) is 13.8. The van der Waals surface area contributed by atoms with Crippen LogP contribution in [0.25, 0.3) is 0 Å². The molecule has 0 saturated heterocycles. The van der Waals surface area contributed by atoms with E-state index in [1.807, 2.05) is 13.8 Å². The maximum absolute atomic E-state index is 11.6. The molecule has 0 aliphatic rings. The zero-order valence-electron chi connectivity index (χ0n) is 13.0. The van der Waals surface area contributed by atoms with Crippen LogP contribution in [0.2, 0.25) is 0 Å². The molecular weight excluding hydrogens is 292 g/mol. The van der Waals surface area contributed by atoms with Crippen LogP contribution in [-0.2, 0) is 11.3 Å². The summed E-state index contributed by atoms with van der Waals surface area (Å²) in [6.45, 7) is 9.45. The van der Waals surface area contributed by atoms with Crippen LogP contribution in [-0.4, -0.2) is 27.8 Å². The topological polar surface area (TPSA) is 88.5 Å². The second-order valence-corrected chi connectivity index (χ2v) is 6.91. The van der Waals surface area contributed by atoms with Crippen LogP contribution in [0.15, 0.2) is 0 Å². The molecule has 7 heteroatoms. The molecule has 21 heavy (non-hydrogen) atoms. The first-order valence-electron chi connectivity index (χ1n) is 6.83. The van der Waals surface area contributed by atoms with Gasteiger partial charge >= 0.3 is 12.1 Å². The Bertz CT molecular complexity index is 520. The third-order valence-electron chi connectivity index (χ3n) is 2.74. The molecule has 1 atom stereocenters. The van der Waals surface area contributed by atoms with E-state index in [4.69, 9.17) is 4.74 Å². The first-order valence-corrected chi connectivity index (χ1v) is 7.65. The molecule has 0 bridgehead atoms. The summed E-state index contributed by atoms with van der Waals surface area (Å²) in [5, 5.41) is 12.3. The predicted octanol–water partition coefficient (Wildman–Crippen LogP) is 3.38. The molecule has 1 heterocycles. The van der Waals surface area contributed by atoms with Crippen molar-refractivity contribution >= 4 is 23.4 Å². The van der Waals surface area contributed by atoms with Gasteiger partial charge < -0.3 is 15.2 Å². The molecule has 0 saturated carbocycles. The Morgan fingerprint density at radius 3 is 2.52 bits per heavy atom. The Balaban J connectivity index is 2.77. The fraction of sp³-hybridized carbons (Fsp3) is 0.643. The normalized spacial score (nSPS) is 12.8. The largest absolute Gasteiger partial charge is 0.476 e. The van der Waals surface area contributed by atoms with E-state index in [-0.39, 0.29) is 18.2 Å². The summed E-state index contributed by atoms with van der Waals surface area (Å²) in [6, 6.07) is 0. The summed E-state index contributed by atoms with van der Waals surface area (Å²) < 4.78 is 5.12. The van der Waals surface area contributed by atoms with Crippen molar-refractivity contribution < 1.29 is 19.4 Å². The van der Waals surface area contributed by atoms with Gasteiger partial charge in [0.25, 0.3) is 0 Å². The number of aromatic carboxylic acids is 1. The van der Waals surface area contributed by atoms with Gasteiger partial charge in [0.2, 0.25) is 0 Å². The Labute approximate surface area is 128 Å². The number of alkyl carbamates (subject to hydrolysis) is 1. The maximum Gasteiger partial charge on any atom is 0.408 e. The average molecular weight is 314 g/mol. The molecule has 6 nitrogen and oxygen atoms in total. The molecule has 0 spiro atoms. The molecule has 118 valence electrons. The van der Waals surface area contributed by atoms with E-state index >= 15 is 0 Å². The standard InChI is InChI=1S/C14H22N2O4S/c1-6-8(2)11-10(12(17)18)16-9(21-11)7-15-13(19)20-14(3,4)5/h8H,6-7H2,1-5H3,(H,15,19)(H,17,18). The van der Waals surface area contributed by atoms with Gasteiger partial charge in [0, 0.05) is 4.88 Å². The van der Waals surface area contributed by atoms with Gasteiger partial charge in [-0.3, -0.25) is 0 Å². The highest BCUT2D eigenvalue weighted by Gasteiger charge is 2.22. The van der Waals surface area contributed by atoms with Crippen molar-refractivity contribution in [2.45, 2.75) is 59.1 Å². The molecule has 2 N–H and O–H groups in total. The number of thiazole rings is 1. The highest BCUT2D eigenvalue weighted by Crippen LogP contribution is 2.29. The van der Waals surface area contributed by atoms with Gasteiger partial charge in [0.1, 0.15) is 10.6 Å². The van der Waals surface area contributed by atoms with Gasteiger partial charge in [-0.05, 0) is 33.1 Å². The van der Waals surface area contributed by atoms with E-state index in [1.165, 1.54) is 11.3 Å². The van der Waals surface area contributed by atoms with Crippen molar-refractivity contribution in [2.24, 2.45) is 0 Å². The van der Waals surface area contributed by atoms with Crippen LogP contribution >= 0.6 is 11.3 Å². The van der Waals surface area contributed by atoms with Gasteiger partial charge in [-0.25, -0.2) is 14.6 Å². The molecule has 0 aliphatic heterocycles. The molecule has 0 radical (unpaired) electrons. The average Bonchev–Trinajstić information content (AvgIpc) is 2.77. The van der Waals surface area contributed by atoms with Crippen molar-refractivity contribution in [2.75, 3.05) is 0 Å². The Hall–Kier alpha value is -1.63. The molecule has 0 aliphatic carbocycles. The first-order chi connectivity index (χ1) is 9.64. The van der Waals surface area contributed by atoms with E-state index in [0.717, 1.165) is 11.3 Å². The van der Waals surface area contributed by atoms with Gasteiger partial charge in [0.05, 0.1) is 6.54 Å². The number of carboxylic acids is 1. The highest BCUT2D eigenvalue weighted by molar-refractivity contribution is 7.12. The van der Waals surface area contributed by atoms with Crippen molar-refractivity contribution in [3.63, 3.8) is 0 Å².